The maximum atomic E-state index is 11.2. The lowest BCUT2D eigenvalue weighted by Gasteiger charge is -2.11. The molecule has 0 spiro atoms. The average molecular weight is 399 g/mol. The minimum atomic E-state index is -4.25. The molecule has 0 atom stereocenters. The van der Waals surface area contributed by atoms with E-state index in [-0.39, 0.29) is 10.0 Å². The molecule has 25 heavy (non-hydrogen) atoms. The topological polar surface area (TPSA) is 81.4 Å². The van der Waals surface area contributed by atoms with E-state index in [2.05, 4.69) is 4.98 Å². The minimum absolute atomic E-state index is 0.198. The summed E-state index contributed by atoms with van der Waals surface area (Å²) in [5.41, 5.74) is 1.92. The van der Waals surface area contributed by atoms with E-state index in [9.17, 15) is 8.42 Å². The third-order valence-corrected chi connectivity index (χ3v) is 5.00. The normalized spacial score (nSPS) is 11.5. The SMILES string of the molecule is COc1ccc(-c2c(Cl)ncn2-c2ccc(S(=O)(=O)O)cc2)cc1Cl. The maximum Gasteiger partial charge on any atom is 0.294 e. The molecule has 9 heteroatoms. The highest BCUT2D eigenvalue weighted by molar-refractivity contribution is 7.85. The van der Waals surface area contributed by atoms with Crippen LogP contribution in [0.1, 0.15) is 0 Å². The van der Waals surface area contributed by atoms with Crippen LogP contribution in [0.25, 0.3) is 16.9 Å². The maximum absolute atomic E-state index is 11.2. The number of hydrogen-bond acceptors (Lipinski definition) is 4. The molecule has 0 aliphatic rings. The molecule has 0 bridgehead atoms. The van der Waals surface area contributed by atoms with E-state index < -0.39 is 10.1 Å². The summed E-state index contributed by atoms with van der Waals surface area (Å²) >= 11 is 12.4. The Labute approximate surface area is 154 Å². The zero-order valence-electron chi connectivity index (χ0n) is 12.8. The van der Waals surface area contributed by atoms with Crippen LogP contribution in [0.3, 0.4) is 0 Å². The molecule has 0 saturated heterocycles. The quantitative estimate of drug-likeness (QED) is 0.668. The van der Waals surface area contributed by atoms with Crippen molar-refractivity contribution in [1.82, 2.24) is 9.55 Å². The van der Waals surface area contributed by atoms with Crippen molar-refractivity contribution < 1.29 is 17.7 Å². The number of methoxy groups -OCH3 is 1. The number of halogens is 2. The molecule has 0 fully saturated rings. The van der Waals surface area contributed by atoms with E-state index >= 15 is 0 Å². The molecule has 0 radical (unpaired) electrons. The van der Waals surface area contributed by atoms with Crippen LogP contribution >= 0.6 is 23.2 Å². The summed E-state index contributed by atoms with van der Waals surface area (Å²) < 4.78 is 38.2. The largest absolute Gasteiger partial charge is 0.495 e. The van der Waals surface area contributed by atoms with Gasteiger partial charge < -0.3 is 4.74 Å². The summed E-state index contributed by atoms with van der Waals surface area (Å²) in [7, 11) is -2.73. The molecule has 0 amide bonds. The smallest absolute Gasteiger partial charge is 0.294 e. The standard InChI is InChI=1S/C16H12Cl2N2O4S/c1-24-14-7-2-10(8-13(14)17)15-16(18)19-9-20(15)11-3-5-12(6-4-11)25(21,22)23/h2-9H,1H3,(H,21,22,23). The van der Waals surface area contributed by atoms with E-state index in [1.54, 1.807) is 22.8 Å². The molecule has 1 heterocycles. The number of nitrogens with zero attached hydrogens (tertiary/aromatic N) is 2. The molecular formula is C16H12Cl2N2O4S. The molecule has 130 valence electrons. The molecule has 6 nitrogen and oxygen atoms in total. The van der Waals surface area contributed by atoms with Crippen molar-refractivity contribution in [2.24, 2.45) is 0 Å². The lowest BCUT2D eigenvalue weighted by molar-refractivity contribution is 0.415. The molecule has 3 rings (SSSR count). The monoisotopic (exact) mass is 398 g/mol. The van der Waals surface area contributed by atoms with Crippen LogP contribution in [-0.4, -0.2) is 29.6 Å². The molecular weight excluding hydrogens is 387 g/mol. The summed E-state index contributed by atoms with van der Waals surface area (Å²) in [4.78, 5) is 3.90. The number of hydrogen-bond donors (Lipinski definition) is 1. The summed E-state index contributed by atoms with van der Waals surface area (Å²) in [6.07, 6.45) is 1.51. The van der Waals surface area contributed by atoms with Gasteiger partial charge in [-0.3, -0.25) is 9.12 Å². The summed E-state index contributed by atoms with van der Waals surface area (Å²) in [6, 6.07) is 10.9. The Balaban J connectivity index is 2.10. The lowest BCUT2D eigenvalue weighted by atomic mass is 10.1. The van der Waals surface area contributed by atoms with Crippen LogP contribution in [0.15, 0.2) is 53.7 Å². The van der Waals surface area contributed by atoms with Crippen LogP contribution in [0.5, 0.6) is 5.75 Å². The first-order chi connectivity index (χ1) is 11.8. The van der Waals surface area contributed by atoms with Gasteiger partial charge in [0, 0.05) is 11.3 Å². The zero-order chi connectivity index (χ0) is 18.2. The van der Waals surface area contributed by atoms with Gasteiger partial charge in [0.2, 0.25) is 0 Å². The molecule has 1 aromatic heterocycles. The average Bonchev–Trinajstić information content (AvgIpc) is 2.95. The van der Waals surface area contributed by atoms with Crippen molar-refractivity contribution in [1.29, 1.82) is 0 Å². The van der Waals surface area contributed by atoms with E-state index in [0.29, 0.717) is 27.7 Å². The fourth-order valence-corrected chi connectivity index (χ4v) is 3.35. The number of rotatable bonds is 4. The van der Waals surface area contributed by atoms with E-state index in [0.717, 1.165) is 0 Å². The van der Waals surface area contributed by atoms with E-state index in [4.69, 9.17) is 32.5 Å². The first-order valence-electron chi connectivity index (χ1n) is 6.96. The van der Waals surface area contributed by atoms with Crippen molar-refractivity contribution in [2.45, 2.75) is 4.90 Å². The highest BCUT2D eigenvalue weighted by Gasteiger charge is 2.16. The molecule has 0 aliphatic heterocycles. The number of benzene rings is 2. The van der Waals surface area contributed by atoms with Gasteiger partial charge in [0.15, 0.2) is 5.15 Å². The number of imidazole rings is 1. The molecule has 0 unspecified atom stereocenters. The van der Waals surface area contributed by atoms with Gasteiger partial charge in [-0.1, -0.05) is 23.2 Å². The van der Waals surface area contributed by atoms with E-state index in [1.165, 1.54) is 37.7 Å². The molecule has 0 saturated carbocycles. The Morgan fingerprint density at radius 1 is 1.12 bits per heavy atom. The third-order valence-electron chi connectivity index (χ3n) is 3.56. The van der Waals surface area contributed by atoms with Crippen LogP contribution in [-0.2, 0) is 10.1 Å². The Morgan fingerprint density at radius 2 is 1.80 bits per heavy atom. The van der Waals surface area contributed by atoms with Crippen molar-refractivity contribution in [3.05, 3.63) is 59.0 Å². The Bertz CT molecular complexity index is 1030. The number of aromatic nitrogens is 2. The second kappa shape index (κ2) is 6.68. The highest BCUT2D eigenvalue weighted by Crippen LogP contribution is 2.34. The predicted molar refractivity (Wildman–Crippen MR) is 95.4 cm³/mol. The van der Waals surface area contributed by atoms with Crippen LogP contribution in [0.4, 0.5) is 0 Å². The Kier molecular flexibility index (Phi) is 4.75. The van der Waals surface area contributed by atoms with E-state index in [1.807, 2.05) is 0 Å². The lowest BCUT2D eigenvalue weighted by Crippen LogP contribution is -2.00. The van der Waals surface area contributed by atoms with Gasteiger partial charge in [-0.2, -0.15) is 8.42 Å². The van der Waals surface area contributed by atoms with Gasteiger partial charge in [-0.05, 0) is 42.5 Å². The van der Waals surface area contributed by atoms with Gasteiger partial charge in [0.25, 0.3) is 10.1 Å². The summed E-state index contributed by atoms with van der Waals surface area (Å²) in [5, 5.41) is 0.686. The molecule has 0 aliphatic carbocycles. The Hall–Kier alpha value is -2.06. The highest BCUT2D eigenvalue weighted by atomic mass is 35.5. The fourth-order valence-electron chi connectivity index (χ4n) is 2.37. The fraction of sp³-hybridized carbons (Fsp3) is 0.0625. The van der Waals surface area contributed by atoms with Gasteiger partial charge in [0.1, 0.15) is 12.1 Å². The Morgan fingerprint density at radius 3 is 2.36 bits per heavy atom. The van der Waals surface area contributed by atoms with Crippen molar-refractivity contribution in [3.63, 3.8) is 0 Å². The van der Waals surface area contributed by atoms with Crippen LogP contribution in [0, 0.1) is 0 Å². The first kappa shape index (κ1) is 17.8. The van der Waals surface area contributed by atoms with Crippen molar-refractivity contribution >= 4 is 33.3 Å². The van der Waals surface area contributed by atoms with Crippen LogP contribution < -0.4 is 4.74 Å². The molecule has 3 aromatic rings. The molecule has 2 aromatic carbocycles. The minimum Gasteiger partial charge on any atom is -0.495 e. The van der Waals surface area contributed by atoms with Crippen LogP contribution in [0.2, 0.25) is 10.2 Å². The second-order valence-corrected chi connectivity index (χ2v) is 7.26. The van der Waals surface area contributed by atoms with Crippen molar-refractivity contribution in [3.8, 4) is 22.7 Å². The molecule has 1 N–H and O–H groups in total. The second-order valence-electron chi connectivity index (χ2n) is 5.07. The van der Waals surface area contributed by atoms with Gasteiger partial charge in [-0.25, -0.2) is 4.98 Å². The summed E-state index contributed by atoms with van der Waals surface area (Å²) in [5.74, 6) is 0.533. The van der Waals surface area contributed by atoms with Gasteiger partial charge in [0.05, 0.1) is 22.7 Å². The number of ether oxygens (including phenoxy) is 1. The predicted octanol–water partition coefficient (Wildman–Crippen LogP) is 4.10. The zero-order valence-corrected chi connectivity index (χ0v) is 15.2. The first-order valence-corrected chi connectivity index (χ1v) is 9.15. The van der Waals surface area contributed by atoms with Gasteiger partial charge in [-0.15, -0.1) is 0 Å². The van der Waals surface area contributed by atoms with Crippen molar-refractivity contribution in [2.75, 3.05) is 7.11 Å². The third kappa shape index (κ3) is 3.50. The summed E-state index contributed by atoms with van der Waals surface area (Å²) in [6.45, 7) is 0. The van der Waals surface area contributed by atoms with Gasteiger partial charge >= 0.3 is 0 Å².